The first-order chi connectivity index (χ1) is 11.3. The Morgan fingerprint density at radius 2 is 2.04 bits per heavy atom. The Hall–Kier alpha value is -3.55. The molecule has 2 aromatic carbocycles. The Morgan fingerprint density at radius 3 is 2.91 bits per heavy atom. The van der Waals surface area contributed by atoms with Crippen molar-refractivity contribution in [1.82, 2.24) is 30.8 Å². The number of nitrogens with zero attached hydrogens (tertiary/aromatic N) is 4. The Labute approximate surface area is 129 Å². The van der Waals surface area contributed by atoms with Crippen LogP contribution in [-0.2, 0) is 0 Å². The van der Waals surface area contributed by atoms with Crippen molar-refractivity contribution in [2.45, 2.75) is 0 Å². The molecule has 0 bridgehead atoms. The first kappa shape index (κ1) is 13.1. The number of hydrogen-bond acceptors (Lipinski definition) is 5. The lowest BCUT2D eigenvalue weighted by atomic mass is 10.1. The Bertz CT molecular complexity index is 974. The third-order valence-corrected chi connectivity index (χ3v) is 3.47. The van der Waals surface area contributed by atoms with Gasteiger partial charge in [-0.3, -0.25) is 9.89 Å². The standard InChI is InChI=1S/C15H11N7O/c23-15(9-5-6-10-8-16-18-13(10)7-9)17-12-4-2-1-3-11(12)14-19-21-22-20-14/h1-8H,(H,16,18)(H,17,23)(H,19,20,21,22). The number of aromatic nitrogens is 6. The number of carbonyl (C=O) groups is 1. The number of amides is 1. The van der Waals surface area contributed by atoms with E-state index in [0.29, 0.717) is 22.6 Å². The second-order valence-corrected chi connectivity index (χ2v) is 4.91. The molecule has 0 saturated heterocycles. The van der Waals surface area contributed by atoms with Crippen molar-refractivity contribution in [3.05, 3.63) is 54.2 Å². The number of aromatic amines is 2. The summed E-state index contributed by atoms with van der Waals surface area (Å²) in [5, 5.41) is 24.5. The highest BCUT2D eigenvalue weighted by Crippen LogP contribution is 2.24. The quantitative estimate of drug-likeness (QED) is 0.536. The third-order valence-electron chi connectivity index (χ3n) is 3.47. The molecular weight excluding hydrogens is 294 g/mol. The van der Waals surface area contributed by atoms with Crippen molar-refractivity contribution in [3.63, 3.8) is 0 Å². The summed E-state index contributed by atoms with van der Waals surface area (Å²) in [6.07, 6.45) is 1.71. The van der Waals surface area contributed by atoms with Gasteiger partial charge in [0.15, 0.2) is 0 Å². The molecule has 3 N–H and O–H groups in total. The lowest BCUT2D eigenvalue weighted by molar-refractivity contribution is 0.102. The fourth-order valence-corrected chi connectivity index (χ4v) is 2.34. The third kappa shape index (κ3) is 2.42. The molecule has 0 saturated carbocycles. The van der Waals surface area contributed by atoms with Crippen LogP contribution in [0, 0.1) is 0 Å². The maximum Gasteiger partial charge on any atom is 0.255 e. The molecule has 4 rings (SSSR count). The number of anilines is 1. The molecule has 8 heteroatoms. The van der Waals surface area contributed by atoms with Crippen LogP contribution < -0.4 is 5.32 Å². The smallest absolute Gasteiger partial charge is 0.255 e. The molecule has 0 spiro atoms. The SMILES string of the molecule is O=C(Nc1ccccc1-c1nn[nH]n1)c1ccc2cn[nH]c2c1. The summed E-state index contributed by atoms with van der Waals surface area (Å²) in [7, 11) is 0. The predicted octanol–water partition coefficient (Wildman–Crippen LogP) is 2.00. The number of benzene rings is 2. The van der Waals surface area contributed by atoms with Crippen LogP contribution >= 0.6 is 0 Å². The minimum absolute atomic E-state index is 0.225. The van der Waals surface area contributed by atoms with Gasteiger partial charge in [-0.25, -0.2) is 0 Å². The van der Waals surface area contributed by atoms with E-state index in [1.807, 2.05) is 24.3 Å². The highest BCUT2D eigenvalue weighted by atomic mass is 16.1. The molecule has 4 aromatic rings. The highest BCUT2D eigenvalue weighted by Gasteiger charge is 2.13. The van der Waals surface area contributed by atoms with Crippen molar-refractivity contribution in [2.75, 3.05) is 5.32 Å². The van der Waals surface area contributed by atoms with E-state index in [0.717, 1.165) is 10.9 Å². The molecule has 2 heterocycles. The molecule has 0 atom stereocenters. The number of rotatable bonds is 3. The van der Waals surface area contributed by atoms with Crippen LogP contribution in [0.1, 0.15) is 10.4 Å². The van der Waals surface area contributed by atoms with Crippen LogP contribution in [0.4, 0.5) is 5.69 Å². The largest absolute Gasteiger partial charge is 0.321 e. The van der Waals surface area contributed by atoms with E-state index >= 15 is 0 Å². The molecule has 0 unspecified atom stereocenters. The predicted molar refractivity (Wildman–Crippen MR) is 83.7 cm³/mol. The van der Waals surface area contributed by atoms with Crippen LogP contribution in [0.2, 0.25) is 0 Å². The second-order valence-electron chi connectivity index (χ2n) is 4.91. The fraction of sp³-hybridized carbons (Fsp3) is 0. The summed E-state index contributed by atoms with van der Waals surface area (Å²) in [4.78, 5) is 12.5. The Kier molecular flexibility index (Phi) is 3.05. The number of H-pyrrole nitrogens is 2. The van der Waals surface area contributed by atoms with Crippen LogP contribution in [0.25, 0.3) is 22.3 Å². The van der Waals surface area contributed by atoms with Gasteiger partial charge >= 0.3 is 0 Å². The van der Waals surface area contributed by atoms with Crippen molar-refractivity contribution in [3.8, 4) is 11.4 Å². The van der Waals surface area contributed by atoms with Gasteiger partial charge in [0.2, 0.25) is 5.82 Å². The van der Waals surface area contributed by atoms with Gasteiger partial charge in [-0.05, 0) is 29.5 Å². The molecule has 0 fully saturated rings. The molecule has 0 aliphatic carbocycles. The maximum absolute atomic E-state index is 12.5. The average Bonchev–Trinajstić information content (AvgIpc) is 3.26. The van der Waals surface area contributed by atoms with E-state index in [1.54, 1.807) is 24.4 Å². The van der Waals surface area contributed by atoms with Crippen molar-refractivity contribution >= 4 is 22.5 Å². The molecule has 0 radical (unpaired) electrons. The summed E-state index contributed by atoms with van der Waals surface area (Å²) in [5.74, 6) is 0.197. The highest BCUT2D eigenvalue weighted by molar-refractivity contribution is 6.07. The Balaban J connectivity index is 1.66. The molecule has 0 aliphatic rings. The molecule has 2 aromatic heterocycles. The van der Waals surface area contributed by atoms with Crippen molar-refractivity contribution in [1.29, 1.82) is 0 Å². The minimum Gasteiger partial charge on any atom is -0.321 e. The number of hydrogen-bond donors (Lipinski definition) is 3. The molecule has 0 aliphatic heterocycles. The molecular formula is C15H11N7O. The number of carbonyl (C=O) groups excluding carboxylic acids is 1. The minimum atomic E-state index is -0.225. The average molecular weight is 305 g/mol. The van der Waals surface area contributed by atoms with E-state index in [2.05, 4.69) is 36.1 Å². The molecule has 112 valence electrons. The summed E-state index contributed by atoms with van der Waals surface area (Å²) >= 11 is 0. The Morgan fingerprint density at radius 1 is 1.13 bits per heavy atom. The van der Waals surface area contributed by atoms with E-state index in [-0.39, 0.29) is 5.91 Å². The lowest BCUT2D eigenvalue weighted by Gasteiger charge is -2.08. The van der Waals surface area contributed by atoms with E-state index in [4.69, 9.17) is 0 Å². The van der Waals surface area contributed by atoms with Crippen LogP contribution in [0.15, 0.2) is 48.7 Å². The zero-order chi connectivity index (χ0) is 15.6. The topological polar surface area (TPSA) is 112 Å². The van der Waals surface area contributed by atoms with Gasteiger partial charge in [0, 0.05) is 16.5 Å². The summed E-state index contributed by atoms with van der Waals surface area (Å²) in [5.41, 5.74) is 2.65. The van der Waals surface area contributed by atoms with Gasteiger partial charge in [-0.2, -0.15) is 10.3 Å². The number of nitrogens with one attached hydrogen (secondary N) is 3. The van der Waals surface area contributed by atoms with Crippen molar-refractivity contribution < 1.29 is 4.79 Å². The monoisotopic (exact) mass is 305 g/mol. The summed E-state index contributed by atoms with van der Waals surface area (Å²) in [6, 6.07) is 12.6. The van der Waals surface area contributed by atoms with Gasteiger partial charge in [0.25, 0.3) is 5.91 Å². The van der Waals surface area contributed by atoms with Gasteiger partial charge in [-0.15, -0.1) is 10.2 Å². The number of tetrazole rings is 1. The first-order valence-electron chi connectivity index (χ1n) is 6.88. The van der Waals surface area contributed by atoms with Gasteiger partial charge < -0.3 is 5.32 Å². The molecule has 8 nitrogen and oxygen atoms in total. The van der Waals surface area contributed by atoms with E-state index in [1.165, 1.54) is 0 Å². The normalized spacial score (nSPS) is 10.8. The van der Waals surface area contributed by atoms with Crippen LogP contribution in [-0.4, -0.2) is 36.7 Å². The van der Waals surface area contributed by atoms with Crippen molar-refractivity contribution in [2.24, 2.45) is 0 Å². The molecule has 23 heavy (non-hydrogen) atoms. The zero-order valence-electron chi connectivity index (χ0n) is 11.8. The van der Waals surface area contributed by atoms with Gasteiger partial charge in [0.1, 0.15) is 0 Å². The number of fused-ring (bicyclic) bond motifs is 1. The fourth-order valence-electron chi connectivity index (χ4n) is 2.34. The van der Waals surface area contributed by atoms with Gasteiger partial charge in [0.05, 0.1) is 17.4 Å². The van der Waals surface area contributed by atoms with Crippen LogP contribution in [0.3, 0.4) is 0 Å². The lowest BCUT2D eigenvalue weighted by Crippen LogP contribution is -2.12. The second kappa shape index (κ2) is 5.34. The summed E-state index contributed by atoms with van der Waals surface area (Å²) in [6.45, 7) is 0. The van der Waals surface area contributed by atoms with Crippen LogP contribution in [0.5, 0.6) is 0 Å². The number of para-hydroxylation sites is 1. The van der Waals surface area contributed by atoms with E-state index in [9.17, 15) is 4.79 Å². The van der Waals surface area contributed by atoms with Gasteiger partial charge in [-0.1, -0.05) is 18.2 Å². The summed E-state index contributed by atoms with van der Waals surface area (Å²) < 4.78 is 0. The first-order valence-corrected chi connectivity index (χ1v) is 6.88. The maximum atomic E-state index is 12.5. The van der Waals surface area contributed by atoms with E-state index < -0.39 is 0 Å². The molecule has 1 amide bonds. The zero-order valence-corrected chi connectivity index (χ0v) is 11.8.